The first kappa shape index (κ1) is 16.4. The third-order valence-corrected chi connectivity index (χ3v) is 5.56. The van der Waals surface area contributed by atoms with Crippen molar-refractivity contribution < 1.29 is 22.8 Å². The number of nitro groups is 1. The van der Waals surface area contributed by atoms with Crippen molar-refractivity contribution in [1.29, 1.82) is 0 Å². The van der Waals surface area contributed by atoms with Crippen LogP contribution in [0.25, 0.3) is 0 Å². The molecular formula is C16H15NO6S. The van der Waals surface area contributed by atoms with Gasteiger partial charge in [0.15, 0.2) is 5.75 Å². The number of rotatable bonds is 6. The molecule has 0 aromatic heterocycles. The number of nitrogens with zero attached hydrogens (tertiary/aromatic N) is 1. The Labute approximate surface area is 138 Å². The Balaban J connectivity index is 2.02. The van der Waals surface area contributed by atoms with Crippen molar-refractivity contribution >= 4 is 15.5 Å². The lowest BCUT2D eigenvalue weighted by molar-refractivity contribution is -0.385. The fourth-order valence-corrected chi connectivity index (χ4v) is 3.77. The number of aryl methyl sites for hydroxylation is 1. The summed E-state index contributed by atoms with van der Waals surface area (Å²) in [5.41, 5.74) is 0.323. The monoisotopic (exact) mass is 349 g/mol. The van der Waals surface area contributed by atoms with Gasteiger partial charge in [0.1, 0.15) is 12.7 Å². The minimum Gasteiger partial charge on any atom is -0.484 e. The summed E-state index contributed by atoms with van der Waals surface area (Å²) in [7, 11) is -3.79. The number of benzene rings is 2. The summed E-state index contributed by atoms with van der Waals surface area (Å²) in [5.74, 6) is -0.0786. The molecule has 1 aliphatic rings. The van der Waals surface area contributed by atoms with Gasteiger partial charge in [-0.25, -0.2) is 8.42 Å². The maximum atomic E-state index is 12.8. The highest BCUT2D eigenvalue weighted by atomic mass is 32.2. The third kappa shape index (κ3) is 3.24. The Hall–Kier alpha value is -2.45. The van der Waals surface area contributed by atoms with Gasteiger partial charge < -0.3 is 9.47 Å². The van der Waals surface area contributed by atoms with Gasteiger partial charge in [-0.1, -0.05) is 18.2 Å². The van der Waals surface area contributed by atoms with Gasteiger partial charge in [-0.15, -0.1) is 0 Å². The highest BCUT2D eigenvalue weighted by Gasteiger charge is 2.27. The number of ether oxygens (including phenoxy) is 2. The van der Waals surface area contributed by atoms with Gasteiger partial charge in [-0.2, -0.15) is 0 Å². The first-order chi connectivity index (χ1) is 11.4. The molecule has 1 atom stereocenters. The summed E-state index contributed by atoms with van der Waals surface area (Å²) >= 11 is 0. The summed E-state index contributed by atoms with van der Waals surface area (Å²) in [5, 5.41) is 11.1. The molecule has 0 aliphatic carbocycles. The molecule has 0 bridgehead atoms. The predicted octanol–water partition coefficient (Wildman–Crippen LogP) is 2.51. The number of hydrogen-bond acceptors (Lipinski definition) is 6. The predicted molar refractivity (Wildman–Crippen MR) is 85.0 cm³/mol. The number of hydrogen-bond donors (Lipinski definition) is 0. The molecule has 0 saturated carbocycles. The standard InChI is InChI=1S/C16H15NO6S/c1-11-4-2-3-5-16(11)24(20,21)13-6-7-14(17(18)19)15(8-13)23-10-12-9-22-12/h2-8,12H,9-10H2,1H3. The molecule has 2 aromatic rings. The molecule has 0 N–H and O–H groups in total. The molecule has 1 unspecified atom stereocenters. The van der Waals surface area contributed by atoms with Gasteiger partial charge in [-0.05, 0) is 24.6 Å². The summed E-state index contributed by atoms with van der Waals surface area (Å²) < 4.78 is 36.0. The lowest BCUT2D eigenvalue weighted by Crippen LogP contribution is -2.08. The molecule has 2 aromatic carbocycles. The van der Waals surface area contributed by atoms with Crippen molar-refractivity contribution in [2.45, 2.75) is 22.8 Å². The summed E-state index contributed by atoms with van der Waals surface area (Å²) in [6.07, 6.45) is -0.0961. The molecule has 1 heterocycles. The summed E-state index contributed by atoms with van der Waals surface area (Å²) in [6.45, 7) is 2.38. The second-order valence-corrected chi connectivity index (χ2v) is 7.34. The van der Waals surface area contributed by atoms with E-state index >= 15 is 0 Å². The zero-order valence-electron chi connectivity index (χ0n) is 12.8. The van der Waals surface area contributed by atoms with Gasteiger partial charge in [0.2, 0.25) is 9.84 Å². The van der Waals surface area contributed by atoms with E-state index in [-0.39, 0.29) is 33.9 Å². The Morgan fingerprint density at radius 1 is 1.29 bits per heavy atom. The van der Waals surface area contributed by atoms with E-state index in [1.165, 1.54) is 18.2 Å². The molecule has 0 amide bonds. The quantitative estimate of drug-likeness (QED) is 0.451. The van der Waals surface area contributed by atoms with Crippen LogP contribution in [0.1, 0.15) is 5.56 Å². The van der Waals surface area contributed by atoms with Gasteiger partial charge >= 0.3 is 5.69 Å². The third-order valence-electron chi connectivity index (χ3n) is 3.65. The van der Waals surface area contributed by atoms with Gasteiger partial charge in [0.25, 0.3) is 0 Å². The summed E-state index contributed by atoms with van der Waals surface area (Å²) in [4.78, 5) is 10.6. The van der Waals surface area contributed by atoms with Crippen LogP contribution < -0.4 is 4.74 Å². The highest BCUT2D eigenvalue weighted by molar-refractivity contribution is 7.91. The van der Waals surface area contributed by atoms with Crippen LogP contribution in [0.5, 0.6) is 5.75 Å². The van der Waals surface area contributed by atoms with E-state index in [0.717, 1.165) is 6.07 Å². The average Bonchev–Trinajstić information content (AvgIpc) is 3.37. The van der Waals surface area contributed by atoms with Crippen molar-refractivity contribution in [2.75, 3.05) is 13.2 Å². The molecule has 7 nitrogen and oxygen atoms in total. The maximum Gasteiger partial charge on any atom is 0.311 e. The second kappa shape index (κ2) is 6.21. The number of nitro benzene ring substituents is 1. The van der Waals surface area contributed by atoms with E-state index in [9.17, 15) is 18.5 Å². The van der Waals surface area contributed by atoms with Crippen LogP contribution in [0, 0.1) is 17.0 Å². The minimum absolute atomic E-state index is 0.0471. The first-order valence-electron chi connectivity index (χ1n) is 7.23. The Kier molecular flexibility index (Phi) is 4.25. The first-order valence-corrected chi connectivity index (χ1v) is 8.71. The normalized spacial score (nSPS) is 16.6. The molecular weight excluding hydrogens is 334 g/mol. The van der Waals surface area contributed by atoms with E-state index < -0.39 is 14.8 Å². The van der Waals surface area contributed by atoms with Crippen molar-refractivity contribution in [3.63, 3.8) is 0 Å². The highest BCUT2D eigenvalue weighted by Crippen LogP contribution is 2.33. The van der Waals surface area contributed by atoms with Gasteiger partial charge in [-0.3, -0.25) is 10.1 Å². The number of epoxide rings is 1. The van der Waals surface area contributed by atoms with Crippen LogP contribution in [0.15, 0.2) is 52.3 Å². The molecule has 126 valence electrons. The van der Waals surface area contributed by atoms with E-state index in [2.05, 4.69) is 0 Å². The minimum atomic E-state index is -3.79. The van der Waals surface area contributed by atoms with Gasteiger partial charge in [0, 0.05) is 12.1 Å². The van der Waals surface area contributed by atoms with Crippen molar-refractivity contribution in [2.24, 2.45) is 0 Å². The van der Waals surface area contributed by atoms with E-state index in [4.69, 9.17) is 9.47 Å². The maximum absolute atomic E-state index is 12.8. The lowest BCUT2D eigenvalue weighted by Gasteiger charge is -2.10. The fourth-order valence-electron chi connectivity index (χ4n) is 2.26. The van der Waals surface area contributed by atoms with Gasteiger partial charge in [0.05, 0.1) is 21.3 Å². The van der Waals surface area contributed by atoms with Crippen LogP contribution >= 0.6 is 0 Å². The lowest BCUT2D eigenvalue weighted by atomic mass is 10.2. The average molecular weight is 349 g/mol. The smallest absolute Gasteiger partial charge is 0.311 e. The van der Waals surface area contributed by atoms with Crippen LogP contribution in [0.3, 0.4) is 0 Å². The van der Waals surface area contributed by atoms with E-state index in [1.54, 1.807) is 25.1 Å². The molecule has 0 spiro atoms. The second-order valence-electron chi connectivity index (χ2n) is 5.42. The fraction of sp³-hybridized carbons (Fsp3) is 0.250. The molecule has 8 heteroatoms. The Morgan fingerprint density at radius 3 is 2.62 bits per heavy atom. The van der Waals surface area contributed by atoms with E-state index in [0.29, 0.717) is 12.2 Å². The van der Waals surface area contributed by atoms with Crippen molar-refractivity contribution in [1.82, 2.24) is 0 Å². The van der Waals surface area contributed by atoms with E-state index in [1.807, 2.05) is 0 Å². The molecule has 24 heavy (non-hydrogen) atoms. The van der Waals surface area contributed by atoms with Crippen LogP contribution in [0.2, 0.25) is 0 Å². The summed E-state index contributed by atoms with van der Waals surface area (Å²) in [6, 6.07) is 10.1. The molecule has 1 aliphatic heterocycles. The largest absolute Gasteiger partial charge is 0.484 e. The van der Waals surface area contributed by atoms with Crippen molar-refractivity contribution in [3.8, 4) is 5.75 Å². The SMILES string of the molecule is Cc1ccccc1S(=O)(=O)c1ccc([N+](=O)[O-])c(OCC2CO2)c1. The Morgan fingerprint density at radius 2 is 2.00 bits per heavy atom. The molecule has 1 saturated heterocycles. The molecule has 0 radical (unpaired) electrons. The topological polar surface area (TPSA) is 99.0 Å². The Bertz CT molecular complexity index is 889. The number of sulfone groups is 1. The van der Waals surface area contributed by atoms with Crippen LogP contribution in [-0.2, 0) is 14.6 Å². The molecule has 3 rings (SSSR count). The zero-order chi connectivity index (χ0) is 17.3. The molecule has 1 fully saturated rings. The van der Waals surface area contributed by atoms with Crippen LogP contribution in [0.4, 0.5) is 5.69 Å². The van der Waals surface area contributed by atoms with Crippen molar-refractivity contribution in [3.05, 3.63) is 58.1 Å². The van der Waals surface area contributed by atoms with Crippen LogP contribution in [-0.4, -0.2) is 32.7 Å². The zero-order valence-corrected chi connectivity index (χ0v) is 13.7.